The fraction of sp³-hybridized carbons (Fsp3) is 0.261. The molecule has 4 rings (SSSR count). The van der Waals surface area contributed by atoms with E-state index in [-0.39, 0.29) is 15.8 Å². The highest BCUT2D eigenvalue weighted by Crippen LogP contribution is 2.33. The van der Waals surface area contributed by atoms with E-state index in [0.717, 1.165) is 31.5 Å². The lowest BCUT2D eigenvalue weighted by atomic mass is 9.99. The summed E-state index contributed by atoms with van der Waals surface area (Å²) in [5.41, 5.74) is 0.992. The maximum Gasteiger partial charge on any atom is 0.236 e. The zero-order valence-electron chi connectivity index (χ0n) is 16.4. The molecule has 2 aromatic carbocycles. The van der Waals surface area contributed by atoms with Crippen molar-refractivity contribution < 1.29 is 12.8 Å². The predicted molar refractivity (Wildman–Crippen MR) is 114 cm³/mol. The van der Waals surface area contributed by atoms with Crippen LogP contribution in [0.5, 0.6) is 0 Å². The molecule has 1 aliphatic heterocycles. The van der Waals surface area contributed by atoms with E-state index in [1.807, 2.05) is 41.3 Å². The molecule has 0 N–H and O–H groups in total. The third kappa shape index (κ3) is 4.27. The third-order valence-corrected chi connectivity index (χ3v) is 6.86. The first-order chi connectivity index (χ1) is 14.0. The van der Waals surface area contributed by atoms with Gasteiger partial charge < -0.3 is 9.32 Å². The molecule has 29 heavy (non-hydrogen) atoms. The maximum absolute atomic E-state index is 13.3. The Morgan fingerprint density at radius 1 is 0.966 bits per heavy atom. The molecule has 1 aromatic heterocycles. The van der Waals surface area contributed by atoms with Gasteiger partial charge >= 0.3 is 0 Å². The van der Waals surface area contributed by atoms with Gasteiger partial charge in [-0.3, -0.25) is 0 Å². The van der Waals surface area contributed by atoms with Crippen molar-refractivity contribution in [1.29, 1.82) is 0 Å². The van der Waals surface area contributed by atoms with Crippen molar-refractivity contribution in [1.82, 2.24) is 4.98 Å². The molecule has 1 fully saturated rings. The summed E-state index contributed by atoms with van der Waals surface area (Å²) in [6.07, 6.45) is 5.59. The summed E-state index contributed by atoms with van der Waals surface area (Å²) in [6, 6.07) is 18.2. The smallest absolute Gasteiger partial charge is 0.236 e. The Morgan fingerprint density at radius 2 is 1.59 bits per heavy atom. The van der Waals surface area contributed by atoms with Gasteiger partial charge in [-0.05, 0) is 42.5 Å². The normalized spacial score (nSPS) is 15.8. The number of nitrogens with zero attached hydrogens (tertiary/aromatic N) is 2. The molecule has 5 nitrogen and oxygen atoms in total. The van der Waals surface area contributed by atoms with Crippen LogP contribution in [0.2, 0.25) is 0 Å². The summed E-state index contributed by atoms with van der Waals surface area (Å²) in [5, 5.41) is -0.00837. The Morgan fingerprint density at radius 3 is 2.24 bits per heavy atom. The quantitative estimate of drug-likeness (QED) is 0.600. The van der Waals surface area contributed by atoms with Crippen LogP contribution in [0.15, 0.2) is 75.0 Å². The highest BCUT2D eigenvalue weighted by molar-refractivity contribution is 7.91. The number of rotatable bonds is 5. The Kier molecular flexibility index (Phi) is 5.53. The lowest BCUT2D eigenvalue weighted by molar-refractivity contribution is 0.413. The minimum atomic E-state index is -3.78. The van der Waals surface area contributed by atoms with Gasteiger partial charge in [-0.1, -0.05) is 55.5 Å². The highest BCUT2D eigenvalue weighted by Gasteiger charge is 2.31. The first-order valence-corrected chi connectivity index (χ1v) is 11.3. The molecule has 0 radical (unpaired) electrons. The second-order valence-corrected chi connectivity index (χ2v) is 9.26. The van der Waals surface area contributed by atoms with Gasteiger partial charge in [0.05, 0.1) is 4.90 Å². The van der Waals surface area contributed by atoms with E-state index >= 15 is 0 Å². The van der Waals surface area contributed by atoms with E-state index in [0.29, 0.717) is 11.8 Å². The number of oxazole rings is 1. The van der Waals surface area contributed by atoms with Crippen LogP contribution < -0.4 is 4.90 Å². The summed E-state index contributed by atoms with van der Waals surface area (Å²) in [5.74, 6) is 1.26. The van der Waals surface area contributed by atoms with Gasteiger partial charge in [-0.2, -0.15) is 4.98 Å². The first kappa shape index (κ1) is 19.5. The second-order valence-electron chi connectivity index (χ2n) is 7.39. The molecule has 0 bridgehead atoms. The first-order valence-electron chi connectivity index (χ1n) is 9.83. The van der Waals surface area contributed by atoms with Crippen molar-refractivity contribution in [3.8, 4) is 0 Å². The predicted octanol–water partition coefficient (Wildman–Crippen LogP) is 4.91. The van der Waals surface area contributed by atoms with Crippen LogP contribution >= 0.6 is 0 Å². The minimum absolute atomic E-state index is 0.00837. The van der Waals surface area contributed by atoms with E-state index < -0.39 is 9.84 Å². The zero-order valence-corrected chi connectivity index (χ0v) is 17.2. The molecule has 2 heterocycles. The molecule has 0 atom stereocenters. The molecule has 0 amide bonds. The molecular weight excluding hydrogens is 384 g/mol. The summed E-state index contributed by atoms with van der Waals surface area (Å²) in [6.45, 7) is 3.73. The van der Waals surface area contributed by atoms with E-state index in [2.05, 4.69) is 11.9 Å². The zero-order chi connectivity index (χ0) is 20.3. The molecule has 1 saturated heterocycles. The van der Waals surface area contributed by atoms with Crippen LogP contribution in [0.25, 0.3) is 12.2 Å². The minimum Gasteiger partial charge on any atom is -0.420 e. The molecular formula is C23H24N2O3S. The summed E-state index contributed by atoms with van der Waals surface area (Å²) in [4.78, 5) is 6.61. The standard InChI is InChI=1S/C23H24N2O3S/c1-18-14-16-25(17-15-18)23-22(29(26,27)20-10-6-3-7-11-20)24-21(28-23)13-12-19-8-4-2-5-9-19/h2-13,18H,14-17H2,1H3/b13-12+. The SMILES string of the molecule is CC1CCN(c2oc(/C=C/c3ccccc3)nc2S(=O)(=O)c2ccccc2)CC1. The molecule has 1 aliphatic rings. The van der Waals surface area contributed by atoms with Crippen molar-refractivity contribution in [2.24, 2.45) is 5.92 Å². The van der Waals surface area contributed by atoms with Crippen LogP contribution in [0.3, 0.4) is 0 Å². The molecule has 0 aliphatic carbocycles. The Balaban J connectivity index is 1.74. The molecule has 3 aromatic rings. The van der Waals surface area contributed by atoms with Crippen LogP contribution in [-0.2, 0) is 9.84 Å². The topological polar surface area (TPSA) is 63.4 Å². The van der Waals surface area contributed by atoms with Crippen LogP contribution in [0.4, 0.5) is 5.88 Å². The number of sulfone groups is 1. The van der Waals surface area contributed by atoms with Gasteiger partial charge in [0, 0.05) is 19.2 Å². The van der Waals surface area contributed by atoms with E-state index in [9.17, 15) is 8.42 Å². The van der Waals surface area contributed by atoms with Crippen molar-refractivity contribution in [3.63, 3.8) is 0 Å². The van der Waals surface area contributed by atoms with Crippen molar-refractivity contribution in [2.75, 3.05) is 18.0 Å². The van der Waals surface area contributed by atoms with Crippen LogP contribution in [0.1, 0.15) is 31.2 Å². The Bertz CT molecular complexity index is 1080. The molecule has 150 valence electrons. The molecule has 0 spiro atoms. The Hall–Kier alpha value is -2.86. The third-order valence-electron chi connectivity index (χ3n) is 5.19. The van der Waals surface area contributed by atoms with Gasteiger partial charge in [-0.15, -0.1) is 0 Å². The van der Waals surface area contributed by atoms with Crippen molar-refractivity contribution in [2.45, 2.75) is 29.7 Å². The summed E-state index contributed by atoms with van der Waals surface area (Å²) < 4.78 is 32.5. The monoisotopic (exact) mass is 408 g/mol. The summed E-state index contributed by atoms with van der Waals surface area (Å²) in [7, 11) is -3.78. The van der Waals surface area contributed by atoms with Gasteiger partial charge in [0.25, 0.3) is 0 Å². The largest absolute Gasteiger partial charge is 0.420 e. The second kappa shape index (κ2) is 8.25. The fourth-order valence-corrected chi connectivity index (χ4v) is 4.76. The number of aromatic nitrogens is 1. The van der Waals surface area contributed by atoms with E-state index in [4.69, 9.17) is 4.42 Å². The van der Waals surface area contributed by atoms with Crippen LogP contribution in [-0.4, -0.2) is 26.5 Å². The number of anilines is 1. The van der Waals surface area contributed by atoms with Gasteiger partial charge in [0.2, 0.25) is 26.6 Å². The fourth-order valence-electron chi connectivity index (χ4n) is 3.41. The highest BCUT2D eigenvalue weighted by atomic mass is 32.2. The molecule has 0 saturated carbocycles. The summed E-state index contributed by atoms with van der Waals surface area (Å²) >= 11 is 0. The molecule has 6 heteroatoms. The van der Waals surface area contributed by atoms with Gasteiger partial charge in [0.15, 0.2) is 0 Å². The number of hydrogen-bond donors (Lipinski definition) is 0. The lowest BCUT2D eigenvalue weighted by Gasteiger charge is -2.30. The average molecular weight is 409 g/mol. The Labute approximate surface area is 171 Å². The lowest BCUT2D eigenvalue weighted by Crippen LogP contribution is -2.33. The van der Waals surface area contributed by atoms with Gasteiger partial charge in [-0.25, -0.2) is 8.42 Å². The maximum atomic E-state index is 13.3. The van der Waals surface area contributed by atoms with Gasteiger partial charge in [0.1, 0.15) is 0 Å². The van der Waals surface area contributed by atoms with E-state index in [1.54, 1.807) is 36.4 Å². The van der Waals surface area contributed by atoms with E-state index in [1.165, 1.54) is 0 Å². The average Bonchev–Trinajstić information content (AvgIpc) is 3.19. The number of piperidine rings is 1. The van der Waals surface area contributed by atoms with Crippen LogP contribution in [0, 0.1) is 5.92 Å². The number of benzene rings is 2. The molecule has 0 unspecified atom stereocenters. The van der Waals surface area contributed by atoms with Crippen molar-refractivity contribution in [3.05, 3.63) is 72.1 Å². The number of hydrogen-bond acceptors (Lipinski definition) is 5. The van der Waals surface area contributed by atoms with Crippen molar-refractivity contribution >= 4 is 27.9 Å².